The molecule has 11 heteroatoms. The summed E-state index contributed by atoms with van der Waals surface area (Å²) in [6.45, 7) is 5.02. The average molecular weight is 431 g/mol. The van der Waals surface area contributed by atoms with Gasteiger partial charge in [-0.2, -0.15) is 10.4 Å². The van der Waals surface area contributed by atoms with Gasteiger partial charge in [0.25, 0.3) is 0 Å². The van der Waals surface area contributed by atoms with E-state index in [0.717, 1.165) is 0 Å². The highest BCUT2D eigenvalue weighted by molar-refractivity contribution is 5.70. The molecule has 0 aromatic carbocycles. The number of hydrogen-bond donors (Lipinski definition) is 2. The van der Waals surface area contributed by atoms with Gasteiger partial charge in [0.2, 0.25) is 5.60 Å². The van der Waals surface area contributed by atoms with Crippen molar-refractivity contribution in [2.45, 2.75) is 57.5 Å². The van der Waals surface area contributed by atoms with Crippen LogP contribution in [0.1, 0.15) is 39.3 Å². The summed E-state index contributed by atoms with van der Waals surface area (Å²) >= 11 is 0. The molecular formula is C20H25N5O6. The van der Waals surface area contributed by atoms with Crippen molar-refractivity contribution in [1.29, 1.82) is 5.26 Å². The number of nitrogen functional groups attached to an aromatic ring is 1. The highest BCUT2D eigenvalue weighted by Crippen LogP contribution is 2.42. The molecule has 1 saturated heterocycles. The lowest BCUT2D eigenvalue weighted by Crippen LogP contribution is -2.43. The maximum atomic E-state index is 12.3. The summed E-state index contributed by atoms with van der Waals surface area (Å²) in [6, 6.07) is 5.11. The van der Waals surface area contributed by atoms with Crippen LogP contribution in [-0.2, 0) is 29.4 Å². The van der Waals surface area contributed by atoms with Crippen molar-refractivity contribution in [3.63, 3.8) is 0 Å². The molecule has 31 heavy (non-hydrogen) atoms. The number of carbonyl (C=O) groups excluding carboxylic acids is 2. The Balaban J connectivity index is 2.00. The number of hydrogen-bond acceptors (Lipinski definition) is 10. The highest BCUT2D eigenvalue weighted by Gasteiger charge is 2.60. The fourth-order valence-electron chi connectivity index (χ4n) is 3.49. The van der Waals surface area contributed by atoms with Gasteiger partial charge in [0, 0.05) is 12.8 Å². The van der Waals surface area contributed by atoms with E-state index in [1.807, 2.05) is 19.9 Å². The van der Waals surface area contributed by atoms with Crippen LogP contribution in [0.25, 0.3) is 5.52 Å². The lowest BCUT2D eigenvalue weighted by atomic mass is 9.92. The summed E-state index contributed by atoms with van der Waals surface area (Å²) < 4.78 is 17.9. The molecule has 0 spiro atoms. The zero-order valence-electron chi connectivity index (χ0n) is 17.5. The zero-order valence-corrected chi connectivity index (χ0v) is 17.5. The van der Waals surface area contributed by atoms with Gasteiger partial charge in [-0.3, -0.25) is 9.59 Å². The standard InChI is InChI=1S/C20H25N5O6/c1-4-15(26)29-8-13-17(30-16(27)7-11(2)3)18(28)20(9-21,31-13)14-6-5-12-19(22)23-10-24-25(12)14/h5-6,10-11,13,17-18,28H,4,7-8H2,1-3H3,(H2,22,23,24)/t13-,17-,18-,20+/m1/s1. The van der Waals surface area contributed by atoms with E-state index in [1.54, 1.807) is 13.0 Å². The first-order valence-corrected chi connectivity index (χ1v) is 9.94. The van der Waals surface area contributed by atoms with E-state index < -0.39 is 35.9 Å². The molecule has 1 aliphatic rings. The van der Waals surface area contributed by atoms with Crippen LogP contribution in [0.3, 0.4) is 0 Å². The third kappa shape index (κ3) is 4.17. The molecule has 3 rings (SSSR count). The molecule has 1 fully saturated rings. The van der Waals surface area contributed by atoms with Crippen molar-refractivity contribution in [3.8, 4) is 6.07 Å². The summed E-state index contributed by atoms with van der Waals surface area (Å²) in [4.78, 5) is 27.9. The number of carbonyl (C=O) groups is 2. The minimum Gasteiger partial charge on any atom is -0.463 e. The molecule has 0 unspecified atom stereocenters. The molecular weight excluding hydrogens is 406 g/mol. The lowest BCUT2D eigenvalue weighted by Gasteiger charge is -2.24. The second kappa shape index (κ2) is 8.87. The number of esters is 2. The summed E-state index contributed by atoms with van der Waals surface area (Å²) in [6.07, 6.45) is -2.42. The first kappa shape index (κ1) is 22.5. The van der Waals surface area contributed by atoms with Gasteiger partial charge in [-0.1, -0.05) is 20.8 Å². The van der Waals surface area contributed by atoms with Gasteiger partial charge in [0.05, 0.1) is 5.69 Å². The van der Waals surface area contributed by atoms with Crippen LogP contribution in [0, 0.1) is 17.2 Å². The number of ether oxygens (including phenoxy) is 3. The van der Waals surface area contributed by atoms with Gasteiger partial charge in [0.1, 0.15) is 36.7 Å². The molecule has 166 valence electrons. The molecule has 0 saturated carbocycles. The predicted octanol–water partition coefficient (Wildman–Crippen LogP) is 0.701. The number of fused-ring (bicyclic) bond motifs is 1. The van der Waals surface area contributed by atoms with Crippen molar-refractivity contribution in [2.24, 2.45) is 5.92 Å². The Morgan fingerprint density at radius 1 is 1.42 bits per heavy atom. The maximum Gasteiger partial charge on any atom is 0.306 e. The molecule has 0 bridgehead atoms. The molecule has 1 aliphatic heterocycles. The number of nitrogens with two attached hydrogens (primary N) is 1. The first-order chi connectivity index (χ1) is 14.7. The Labute approximate surface area is 178 Å². The smallest absolute Gasteiger partial charge is 0.306 e. The summed E-state index contributed by atoms with van der Waals surface area (Å²) in [7, 11) is 0. The van der Waals surface area contributed by atoms with Gasteiger partial charge < -0.3 is 25.1 Å². The molecule has 2 aromatic rings. The van der Waals surface area contributed by atoms with Crippen molar-refractivity contribution in [1.82, 2.24) is 14.6 Å². The monoisotopic (exact) mass is 431 g/mol. The van der Waals surface area contributed by atoms with E-state index in [9.17, 15) is 20.0 Å². The first-order valence-electron chi connectivity index (χ1n) is 9.94. The third-order valence-electron chi connectivity index (χ3n) is 5.00. The summed E-state index contributed by atoms with van der Waals surface area (Å²) in [5, 5.41) is 25.3. The number of nitrogens with zero attached hydrogens (tertiary/aromatic N) is 4. The van der Waals surface area contributed by atoms with Crippen molar-refractivity contribution < 1.29 is 28.9 Å². The number of aromatic nitrogens is 3. The van der Waals surface area contributed by atoms with E-state index in [1.165, 1.54) is 16.9 Å². The second-order valence-corrected chi connectivity index (χ2v) is 7.70. The van der Waals surface area contributed by atoms with E-state index in [-0.39, 0.29) is 36.9 Å². The lowest BCUT2D eigenvalue weighted by molar-refractivity contribution is -0.160. The summed E-state index contributed by atoms with van der Waals surface area (Å²) in [5.74, 6) is -0.850. The largest absolute Gasteiger partial charge is 0.463 e. The molecule has 11 nitrogen and oxygen atoms in total. The number of anilines is 1. The normalized spacial score (nSPS) is 25.5. The van der Waals surface area contributed by atoms with Gasteiger partial charge in [-0.05, 0) is 18.1 Å². The third-order valence-corrected chi connectivity index (χ3v) is 5.00. The van der Waals surface area contributed by atoms with Crippen LogP contribution < -0.4 is 5.73 Å². The topological polar surface area (TPSA) is 162 Å². The van der Waals surface area contributed by atoms with Gasteiger partial charge >= 0.3 is 11.9 Å². The number of nitriles is 1. The zero-order chi connectivity index (χ0) is 22.8. The Bertz CT molecular complexity index is 1020. The van der Waals surface area contributed by atoms with Crippen LogP contribution in [0.4, 0.5) is 5.82 Å². The quantitative estimate of drug-likeness (QED) is 0.597. The number of rotatable bonds is 7. The van der Waals surface area contributed by atoms with E-state index in [0.29, 0.717) is 5.52 Å². The Morgan fingerprint density at radius 3 is 2.81 bits per heavy atom. The maximum absolute atomic E-state index is 12.3. The SMILES string of the molecule is CCC(=O)OC[C@H]1O[C@@](C#N)(c2ccc3c(N)ncnn23)[C@H](O)[C@@H]1OC(=O)CC(C)C. The van der Waals surface area contributed by atoms with Crippen molar-refractivity contribution in [2.75, 3.05) is 12.3 Å². The molecule has 0 aliphatic carbocycles. The van der Waals surface area contributed by atoms with Crippen LogP contribution in [0.2, 0.25) is 0 Å². The molecule has 3 N–H and O–H groups in total. The molecule has 2 aromatic heterocycles. The molecule has 4 atom stereocenters. The average Bonchev–Trinajstić information content (AvgIpc) is 3.27. The molecule has 0 amide bonds. The molecule has 3 heterocycles. The van der Waals surface area contributed by atoms with Gasteiger partial charge in [0.15, 0.2) is 11.9 Å². The minimum atomic E-state index is -1.95. The van der Waals surface area contributed by atoms with Crippen molar-refractivity contribution >= 4 is 23.3 Å². The Kier molecular flexibility index (Phi) is 6.42. The Hall–Kier alpha value is -3.23. The number of aliphatic hydroxyl groups excluding tert-OH is 1. The number of aliphatic hydroxyl groups is 1. The van der Waals surface area contributed by atoms with Crippen molar-refractivity contribution in [3.05, 3.63) is 24.2 Å². The summed E-state index contributed by atoms with van der Waals surface area (Å²) in [5.41, 5.74) is 4.52. The van der Waals surface area contributed by atoms with Crippen LogP contribution in [-0.4, -0.2) is 56.6 Å². The van der Waals surface area contributed by atoms with E-state index in [4.69, 9.17) is 19.9 Å². The highest BCUT2D eigenvalue weighted by atomic mass is 16.6. The van der Waals surface area contributed by atoms with E-state index >= 15 is 0 Å². The van der Waals surface area contributed by atoms with Gasteiger partial charge in [-0.15, -0.1) is 0 Å². The fraction of sp³-hybridized carbons (Fsp3) is 0.550. The second-order valence-electron chi connectivity index (χ2n) is 7.70. The van der Waals surface area contributed by atoms with Crippen LogP contribution in [0.5, 0.6) is 0 Å². The van der Waals surface area contributed by atoms with Crippen LogP contribution in [0.15, 0.2) is 18.5 Å². The molecule has 0 radical (unpaired) electrons. The predicted molar refractivity (Wildman–Crippen MR) is 106 cm³/mol. The van der Waals surface area contributed by atoms with Gasteiger partial charge in [-0.25, -0.2) is 9.50 Å². The Morgan fingerprint density at radius 2 is 2.16 bits per heavy atom. The minimum absolute atomic E-state index is 0.0262. The van der Waals surface area contributed by atoms with E-state index in [2.05, 4.69) is 10.1 Å². The fourth-order valence-corrected chi connectivity index (χ4v) is 3.49. The van der Waals surface area contributed by atoms with Crippen LogP contribution >= 0.6 is 0 Å².